The lowest BCUT2D eigenvalue weighted by atomic mass is 9.83. The van der Waals surface area contributed by atoms with E-state index in [4.69, 9.17) is 0 Å². The molecule has 2 fully saturated rings. The van der Waals surface area contributed by atoms with Crippen LogP contribution in [0.25, 0.3) is 0 Å². The molecule has 1 unspecified atom stereocenters. The Kier molecular flexibility index (Phi) is 5.36. The van der Waals surface area contributed by atoms with E-state index >= 15 is 0 Å². The van der Waals surface area contributed by atoms with E-state index in [-0.39, 0.29) is 0 Å². The van der Waals surface area contributed by atoms with Gasteiger partial charge in [-0.2, -0.15) is 5.10 Å². The zero-order valence-corrected chi connectivity index (χ0v) is 14.5. The lowest BCUT2D eigenvalue weighted by molar-refractivity contribution is -0.133. The molecule has 0 saturated carbocycles. The van der Waals surface area contributed by atoms with E-state index in [1.54, 1.807) is 0 Å². The number of likely N-dealkylation sites (tertiary alicyclic amines) is 1. The Morgan fingerprint density at radius 3 is 2.61 bits per heavy atom. The number of carbonyl (C=O) groups excluding carboxylic acids is 1. The van der Waals surface area contributed by atoms with Crippen molar-refractivity contribution < 1.29 is 4.79 Å². The molecular formula is C18H30N4O. The zero-order valence-electron chi connectivity index (χ0n) is 14.5. The smallest absolute Gasteiger partial charge is 0.222 e. The lowest BCUT2D eigenvalue weighted by Crippen LogP contribution is -2.40. The molecule has 1 atom stereocenters. The minimum Gasteiger partial charge on any atom is -0.343 e. The molecule has 1 amide bonds. The second-order valence-electron chi connectivity index (χ2n) is 7.30. The normalized spacial score (nSPS) is 22.3. The van der Waals surface area contributed by atoms with Gasteiger partial charge in [0.15, 0.2) is 0 Å². The van der Waals surface area contributed by atoms with Gasteiger partial charge in [-0.05, 0) is 56.7 Å². The van der Waals surface area contributed by atoms with Crippen molar-refractivity contribution in [3.63, 3.8) is 0 Å². The number of aryl methyl sites for hydroxylation is 1. The number of rotatable bonds is 4. The van der Waals surface area contributed by atoms with Crippen LogP contribution in [0.2, 0.25) is 0 Å². The number of piperidine rings is 2. The summed E-state index contributed by atoms with van der Waals surface area (Å²) < 4.78 is 1.97. The zero-order chi connectivity index (χ0) is 16.2. The van der Waals surface area contributed by atoms with Crippen molar-refractivity contribution in [2.75, 3.05) is 26.2 Å². The van der Waals surface area contributed by atoms with Crippen LogP contribution in [-0.4, -0.2) is 46.8 Å². The second kappa shape index (κ2) is 7.47. The molecule has 2 aliphatic rings. The van der Waals surface area contributed by atoms with E-state index < -0.39 is 0 Å². The molecule has 3 rings (SSSR count). The van der Waals surface area contributed by atoms with Gasteiger partial charge < -0.3 is 10.2 Å². The number of nitrogens with one attached hydrogen (secondary N) is 1. The first-order valence-electron chi connectivity index (χ1n) is 9.11. The van der Waals surface area contributed by atoms with Crippen LogP contribution < -0.4 is 5.32 Å². The Balaban J connectivity index is 1.47. The average molecular weight is 318 g/mol. The first-order valence-corrected chi connectivity index (χ1v) is 9.11. The maximum absolute atomic E-state index is 12.6. The fourth-order valence-corrected chi connectivity index (χ4v) is 4.19. The Bertz CT molecular complexity index is 513. The monoisotopic (exact) mass is 318 g/mol. The van der Waals surface area contributed by atoms with Crippen LogP contribution in [0.3, 0.4) is 0 Å². The van der Waals surface area contributed by atoms with Gasteiger partial charge in [-0.15, -0.1) is 0 Å². The predicted octanol–water partition coefficient (Wildman–Crippen LogP) is 2.15. The summed E-state index contributed by atoms with van der Waals surface area (Å²) in [5.74, 6) is 2.14. The summed E-state index contributed by atoms with van der Waals surface area (Å²) in [6.07, 6.45) is 7.16. The highest BCUT2D eigenvalue weighted by Gasteiger charge is 2.28. The van der Waals surface area contributed by atoms with Gasteiger partial charge in [0.1, 0.15) is 0 Å². The molecule has 2 saturated heterocycles. The molecule has 0 radical (unpaired) electrons. The van der Waals surface area contributed by atoms with Crippen LogP contribution in [-0.2, 0) is 11.8 Å². The molecule has 128 valence electrons. The quantitative estimate of drug-likeness (QED) is 0.925. The second-order valence-corrected chi connectivity index (χ2v) is 7.30. The molecule has 2 aliphatic heterocycles. The van der Waals surface area contributed by atoms with E-state index in [2.05, 4.69) is 28.3 Å². The van der Waals surface area contributed by atoms with E-state index in [0.717, 1.165) is 45.4 Å². The molecule has 1 N–H and O–H groups in total. The molecule has 5 nitrogen and oxygen atoms in total. The summed E-state index contributed by atoms with van der Waals surface area (Å²) in [4.78, 5) is 14.7. The summed E-state index contributed by atoms with van der Waals surface area (Å²) >= 11 is 0. The minimum atomic E-state index is 0.361. The third-order valence-electron chi connectivity index (χ3n) is 5.81. The van der Waals surface area contributed by atoms with E-state index in [1.807, 2.05) is 17.9 Å². The van der Waals surface area contributed by atoms with Crippen LogP contribution in [0.15, 0.2) is 12.3 Å². The maximum Gasteiger partial charge on any atom is 0.222 e. The minimum absolute atomic E-state index is 0.361. The van der Waals surface area contributed by atoms with Crippen LogP contribution in [0.1, 0.15) is 50.6 Å². The van der Waals surface area contributed by atoms with Crippen LogP contribution >= 0.6 is 0 Å². The molecule has 0 bridgehead atoms. The van der Waals surface area contributed by atoms with Crippen molar-refractivity contribution in [3.05, 3.63) is 18.0 Å². The van der Waals surface area contributed by atoms with Crippen molar-refractivity contribution in [2.24, 2.45) is 18.9 Å². The summed E-state index contributed by atoms with van der Waals surface area (Å²) in [7, 11) is 2.01. The number of carbonyl (C=O) groups is 1. The summed E-state index contributed by atoms with van der Waals surface area (Å²) in [5, 5.41) is 7.67. The van der Waals surface area contributed by atoms with Crippen LogP contribution in [0.4, 0.5) is 0 Å². The molecule has 3 heterocycles. The summed E-state index contributed by atoms with van der Waals surface area (Å²) in [6.45, 7) is 6.27. The predicted molar refractivity (Wildman–Crippen MR) is 91.1 cm³/mol. The lowest BCUT2D eigenvalue weighted by Gasteiger charge is -2.34. The van der Waals surface area contributed by atoms with Gasteiger partial charge in [0.05, 0.1) is 0 Å². The molecule has 1 aromatic rings. The van der Waals surface area contributed by atoms with E-state index in [9.17, 15) is 4.79 Å². The highest BCUT2D eigenvalue weighted by atomic mass is 16.2. The molecule has 0 aliphatic carbocycles. The largest absolute Gasteiger partial charge is 0.343 e. The van der Waals surface area contributed by atoms with E-state index in [1.165, 1.54) is 18.5 Å². The molecule has 23 heavy (non-hydrogen) atoms. The van der Waals surface area contributed by atoms with Gasteiger partial charge in [0.2, 0.25) is 5.91 Å². The Morgan fingerprint density at radius 1 is 1.30 bits per heavy atom. The first-order chi connectivity index (χ1) is 11.1. The molecule has 1 aromatic heterocycles. The fourth-order valence-electron chi connectivity index (χ4n) is 4.19. The summed E-state index contributed by atoms with van der Waals surface area (Å²) in [6, 6.07) is 2.11. The van der Waals surface area contributed by atoms with E-state index in [0.29, 0.717) is 23.7 Å². The van der Waals surface area contributed by atoms with Gasteiger partial charge in [-0.25, -0.2) is 0 Å². The Labute approximate surface area is 139 Å². The number of amides is 1. The van der Waals surface area contributed by atoms with Gasteiger partial charge in [-0.1, -0.05) is 6.92 Å². The van der Waals surface area contributed by atoms with Crippen LogP contribution in [0.5, 0.6) is 0 Å². The van der Waals surface area contributed by atoms with Crippen molar-refractivity contribution >= 4 is 5.91 Å². The average Bonchev–Trinajstić information content (AvgIpc) is 3.02. The number of aromatic nitrogens is 2. The summed E-state index contributed by atoms with van der Waals surface area (Å²) in [5.41, 5.74) is 1.31. The number of nitrogens with zero attached hydrogens (tertiary/aromatic N) is 3. The van der Waals surface area contributed by atoms with Gasteiger partial charge in [0, 0.05) is 44.4 Å². The SMILES string of the molecule is CC(CC(=O)N1CCC(c2ccnn2C)CC1)C1CCNCC1. The molecule has 0 aromatic carbocycles. The van der Waals surface area contributed by atoms with Gasteiger partial charge in [-0.3, -0.25) is 9.48 Å². The van der Waals surface area contributed by atoms with Crippen molar-refractivity contribution in [2.45, 2.75) is 44.9 Å². The topological polar surface area (TPSA) is 50.2 Å². The first kappa shape index (κ1) is 16.5. The molecular weight excluding hydrogens is 288 g/mol. The third-order valence-corrected chi connectivity index (χ3v) is 5.81. The van der Waals surface area contributed by atoms with Gasteiger partial charge >= 0.3 is 0 Å². The Morgan fingerprint density at radius 2 is 2.00 bits per heavy atom. The Hall–Kier alpha value is -1.36. The van der Waals surface area contributed by atoms with Crippen molar-refractivity contribution in [3.8, 4) is 0 Å². The highest BCUT2D eigenvalue weighted by molar-refractivity contribution is 5.76. The third kappa shape index (κ3) is 3.94. The number of hydrogen-bond donors (Lipinski definition) is 1. The molecule has 0 spiro atoms. The molecule has 5 heteroatoms. The maximum atomic E-state index is 12.6. The van der Waals surface area contributed by atoms with Gasteiger partial charge in [0.25, 0.3) is 0 Å². The number of hydrogen-bond acceptors (Lipinski definition) is 3. The van der Waals surface area contributed by atoms with Crippen molar-refractivity contribution in [1.82, 2.24) is 20.0 Å². The highest BCUT2D eigenvalue weighted by Crippen LogP contribution is 2.29. The van der Waals surface area contributed by atoms with Crippen LogP contribution in [0, 0.1) is 11.8 Å². The fraction of sp³-hybridized carbons (Fsp3) is 0.778. The van der Waals surface area contributed by atoms with Crippen molar-refractivity contribution in [1.29, 1.82) is 0 Å². The standard InChI is InChI=1S/C18H30N4O/c1-14(15-3-8-19-9-4-15)13-18(23)22-11-6-16(7-12-22)17-5-10-20-21(17)2/h5,10,14-16,19H,3-4,6-9,11-13H2,1-2H3.